The highest BCUT2D eigenvalue weighted by molar-refractivity contribution is 7.89. The van der Waals surface area contributed by atoms with Crippen molar-refractivity contribution in [2.75, 3.05) is 12.0 Å². The van der Waals surface area contributed by atoms with Gasteiger partial charge < -0.3 is 15.5 Å². The number of hydrazine groups is 1. The molecule has 1 unspecified atom stereocenters. The van der Waals surface area contributed by atoms with Crippen LogP contribution in [-0.2, 0) is 19.6 Å². The number of benzene rings is 2. The fraction of sp³-hybridized carbons (Fsp3) is 0.222. The minimum absolute atomic E-state index is 0.0562. The number of primary sulfonamides is 1. The Kier molecular flexibility index (Phi) is 7.25. The first-order valence-electron chi connectivity index (χ1n) is 8.68. The fourth-order valence-corrected chi connectivity index (χ4v) is 2.87. The summed E-state index contributed by atoms with van der Waals surface area (Å²) >= 11 is 0. The van der Waals surface area contributed by atoms with Gasteiger partial charge in [-0.3, -0.25) is 4.79 Å². The molecular formula is C18H19F3N4O5S. The van der Waals surface area contributed by atoms with Crippen LogP contribution in [0.5, 0.6) is 0 Å². The summed E-state index contributed by atoms with van der Waals surface area (Å²) in [5.41, 5.74) is 0.0769. The van der Waals surface area contributed by atoms with E-state index in [1.165, 1.54) is 31.2 Å². The number of esters is 1. The number of halogens is 3. The van der Waals surface area contributed by atoms with Crippen LogP contribution in [0, 0.1) is 0 Å². The molecule has 0 fully saturated rings. The van der Waals surface area contributed by atoms with Crippen LogP contribution in [0.15, 0.2) is 59.5 Å². The van der Waals surface area contributed by atoms with E-state index in [1.54, 1.807) is 16.8 Å². The van der Waals surface area contributed by atoms with Crippen molar-refractivity contribution < 1.29 is 35.9 Å². The van der Waals surface area contributed by atoms with Crippen LogP contribution < -0.4 is 21.3 Å². The van der Waals surface area contributed by atoms with Crippen LogP contribution in [0.2, 0.25) is 0 Å². The number of nitrogens with one attached hydrogen (secondary N) is 3. The van der Waals surface area contributed by atoms with Gasteiger partial charge in [-0.15, -0.1) is 0 Å². The van der Waals surface area contributed by atoms with E-state index in [0.717, 1.165) is 24.3 Å². The molecule has 2 rings (SSSR count). The average Bonchev–Trinajstić information content (AvgIpc) is 2.70. The van der Waals surface area contributed by atoms with E-state index in [9.17, 15) is 31.2 Å². The third-order valence-electron chi connectivity index (χ3n) is 3.92. The Balaban J connectivity index is 2.38. The summed E-state index contributed by atoms with van der Waals surface area (Å²) in [5, 5.41) is 6.62. The van der Waals surface area contributed by atoms with Crippen molar-refractivity contribution in [1.29, 1.82) is 0 Å². The van der Waals surface area contributed by atoms with Crippen molar-refractivity contribution in [2.24, 2.45) is 5.14 Å². The molecule has 168 valence electrons. The van der Waals surface area contributed by atoms with Crippen LogP contribution in [-0.4, -0.2) is 38.7 Å². The summed E-state index contributed by atoms with van der Waals surface area (Å²) in [6.45, 7) is 0.917. The first-order chi connectivity index (χ1) is 14.4. The number of hydrogen-bond acceptors (Lipinski definition) is 7. The molecule has 2 aromatic carbocycles. The quantitative estimate of drug-likeness (QED) is 0.266. The molecule has 0 aliphatic rings. The third kappa shape index (κ3) is 5.71. The van der Waals surface area contributed by atoms with Gasteiger partial charge in [-0.2, -0.15) is 18.6 Å². The molecule has 0 saturated carbocycles. The number of anilines is 1. The molecule has 0 aliphatic heterocycles. The lowest BCUT2D eigenvalue weighted by Crippen LogP contribution is -2.73. The Morgan fingerprint density at radius 2 is 1.61 bits per heavy atom. The van der Waals surface area contributed by atoms with Crippen LogP contribution in [0.3, 0.4) is 0 Å². The maximum Gasteiger partial charge on any atom is 0.438 e. The summed E-state index contributed by atoms with van der Waals surface area (Å²) in [6, 6.07) is 11.3. The minimum Gasteiger partial charge on any atom is -0.463 e. The van der Waals surface area contributed by atoms with Gasteiger partial charge in [0.15, 0.2) is 0 Å². The molecule has 13 heteroatoms. The van der Waals surface area contributed by atoms with Crippen LogP contribution in [0.25, 0.3) is 0 Å². The van der Waals surface area contributed by atoms with Gasteiger partial charge in [-0.1, -0.05) is 18.2 Å². The molecule has 31 heavy (non-hydrogen) atoms. The monoisotopic (exact) mass is 460 g/mol. The maximum absolute atomic E-state index is 14.0. The van der Waals surface area contributed by atoms with Gasteiger partial charge in [0.2, 0.25) is 10.0 Å². The van der Waals surface area contributed by atoms with Gasteiger partial charge in [-0.25, -0.2) is 18.4 Å². The normalized spacial score (nSPS) is 13.7. The van der Waals surface area contributed by atoms with E-state index in [2.05, 4.69) is 10.2 Å². The highest BCUT2D eigenvalue weighted by atomic mass is 32.2. The smallest absolute Gasteiger partial charge is 0.438 e. The Bertz CT molecular complexity index is 1030. The molecular weight excluding hydrogens is 441 g/mol. The second-order valence-corrected chi connectivity index (χ2v) is 7.67. The number of carbonyl (C=O) groups excluding carboxylic acids is 2. The Labute approximate surface area is 175 Å². The van der Waals surface area contributed by atoms with Crippen molar-refractivity contribution in [3.05, 3.63) is 60.2 Å². The lowest BCUT2D eigenvalue weighted by molar-refractivity contribution is -0.217. The summed E-state index contributed by atoms with van der Waals surface area (Å²) in [7, 11) is -4.01. The molecule has 0 heterocycles. The lowest BCUT2D eigenvalue weighted by atomic mass is 10.1. The van der Waals surface area contributed by atoms with E-state index in [1.807, 2.05) is 0 Å². The molecule has 1 amide bonds. The minimum atomic E-state index is -5.34. The second-order valence-electron chi connectivity index (χ2n) is 6.11. The molecule has 0 aromatic heterocycles. The van der Waals surface area contributed by atoms with Crippen molar-refractivity contribution in [2.45, 2.75) is 23.7 Å². The molecule has 0 spiro atoms. The molecule has 9 nitrogen and oxygen atoms in total. The predicted molar refractivity (Wildman–Crippen MR) is 104 cm³/mol. The summed E-state index contributed by atoms with van der Waals surface area (Å²) in [4.78, 5) is 24.5. The Morgan fingerprint density at radius 3 is 2.10 bits per heavy atom. The molecule has 0 saturated heterocycles. The van der Waals surface area contributed by atoms with Crippen molar-refractivity contribution in [3.63, 3.8) is 0 Å². The SMILES string of the molecule is CCOC(=O)C(NNc1ccc(S(N)(=O)=O)cc1)(NC(=O)c1ccccc1)C(F)(F)F. The summed E-state index contributed by atoms with van der Waals surface area (Å²) in [6.07, 6.45) is -5.34. The fourth-order valence-electron chi connectivity index (χ4n) is 2.36. The molecule has 2 aromatic rings. The van der Waals surface area contributed by atoms with E-state index in [4.69, 9.17) is 5.14 Å². The number of sulfonamides is 1. The van der Waals surface area contributed by atoms with E-state index in [0.29, 0.717) is 0 Å². The van der Waals surface area contributed by atoms with Crippen molar-refractivity contribution in [1.82, 2.24) is 10.7 Å². The van der Waals surface area contributed by atoms with Gasteiger partial charge in [0.25, 0.3) is 5.91 Å². The number of ether oxygens (including phenoxy) is 1. The summed E-state index contributed by atoms with van der Waals surface area (Å²) < 4.78 is 69.2. The number of nitrogens with two attached hydrogens (primary N) is 1. The third-order valence-corrected chi connectivity index (χ3v) is 4.85. The van der Waals surface area contributed by atoms with Gasteiger partial charge in [-0.05, 0) is 43.3 Å². The zero-order valence-corrected chi connectivity index (χ0v) is 16.9. The van der Waals surface area contributed by atoms with E-state index in [-0.39, 0.29) is 22.8 Å². The Morgan fingerprint density at radius 1 is 1.03 bits per heavy atom. The first kappa shape index (κ1) is 24.1. The van der Waals surface area contributed by atoms with Crippen LogP contribution in [0.1, 0.15) is 17.3 Å². The van der Waals surface area contributed by atoms with Gasteiger partial charge in [0.1, 0.15) is 0 Å². The largest absolute Gasteiger partial charge is 0.463 e. The standard InChI is InChI=1S/C18H19F3N4O5S/c1-2-30-16(27)17(18(19,20)21,23-15(26)12-6-4-3-5-7-12)25-24-13-8-10-14(11-9-13)31(22,28)29/h3-11,24-25H,2H2,1H3,(H,23,26)(H2,22,28,29). The van der Waals surface area contributed by atoms with Crippen molar-refractivity contribution >= 4 is 27.6 Å². The zero-order chi connectivity index (χ0) is 23.3. The van der Waals surface area contributed by atoms with Gasteiger partial charge in [0, 0.05) is 11.3 Å². The highest BCUT2D eigenvalue weighted by Gasteiger charge is 2.63. The highest BCUT2D eigenvalue weighted by Crippen LogP contribution is 2.30. The molecule has 0 radical (unpaired) electrons. The first-order valence-corrected chi connectivity index (χ1v) is 10.2. The number of rotatable bonds is 8. The van der Waals surface area contributed by atoms with Crippen molar-refractivity contribution in [3.8, 4) is 0 Å². The van der Waals surface area contributed by atoms with E-state index >= 15 is 0 Å². The molecule has 5 N–H and O–H groups in total. The zero-order valence-electron chi connectivity index (χ0n) is 16.1. The lowest BCUT2D eigenvalue weighted by Gasteiger charge is -2.35. The summed E-state index contributed by atoms with van der Waals surface area (Å²) in [5.74, 6) is -3.00. The Hall–Kier alpha value is -3.16. The molecule has 1 atom stereocenters. The van der Waals surface area contributed by atoms with E-state index < -0.39 is 33.7 Å². The average molecular weight is 460 g/mol. The molecule has 0 aliphatic carbocycles. The predicted octanol–water partition coefficient (Wildman–Crippen LogP) is 1.50. The number of hydrogen-bond donors (Lipinski definition) is 4. The van der Waals surface area contributed by atoms with Crippen LogP contribution in [0.4, 0.5) is 18.9 Å². The second kappa shape index (κ2) is 9.32. The number of carbonyl (C=O) groups is 2. The topological polar surface area (TPSA) is 140 Å². The number of alkyl halides is 3. The van der Waals surface area contributed by atoms with Gasteiger partial charge >= 0.3 is 17.8 Å². The van der Waals surface area contributed by atoms with Gasteiger partial charge in [0.05, 0.1) is 11.5 Å². The molecule has 0 bridgehead atoms. The maximum atomic E-state index is 14.0. The van der Waals surface area contributed by atoms with Crippen LogP contribution >= 0.6 is 0 Å². The number of amides is 1.